The van der Waals surface area contributed by atoms with Gasteiger partial charge in [0.2, 0.25) is 29.2 Å². The van der Waals surface area contributed by atoms with Gasteiger partial charge in [-0.05, 0) is 64.5 Å². The molecular weight excluding hydrogens is 716 g/mol. The standard InChI is InChI=1S/C42H60N6O8/c1-26(2)33(46-55-41(5,6)7)38(52)44-31(21-28-17-13-11-14-18-28)36(50)35(49)30-23-43-25-48(24-30)40(54)37(51)32(22-29-19-15-12-16-20-29)45-39(53)34(27(3)4)47-56-42(8,9)10/h11-20,24,26-27,31-34,43,46-47H,21-23,25H2,1-10H3,(H,44,52)(H,45,53)/t31-,32-,33-,34-/m0/s1. The van der Waals surface area contributed by atoms with E-state index >= 15 is 0 Å². The van der Waals surface area contributed by atoms with Gasteiger partial charge in [-0.3, -0.25) is 48.7 Å². The summed E-state index contributed by atoms with van der Waals surface area (Å²) in [4.78, 5) is 95.1. The molecule has 0 saturated carbocycles. The molecule has 0 spiro atoms. The van der Waals surface area contributed by atoms with Crippen molar-refractivity contribution >= 4 is 35.1 Å². The molecule has 5 N–H and O–H groups in total. The van der Waals surface area contributed by atoms with E-state index in [-0.39, 0.29) is 43.5 Å². The summed E-state index contributed by atoms with van der Waals surface area (Å²) >= 11 is 0. The van der Waals surface area contributed by atoms with Crippen molar-refractivity contribution in [2.75, 3.05) is 13.2 Å². The van der Waals surface area contributed by atoms with Crippen LogP contribution in [0.4, 0.5) is 0 Å². The predicted molar refractivity (Wildman–Crippen MR) is 212 cm³/mol. The molecule has 0 bridgehead atoms. The molecule has 306 valence electrons. The van der Waals surface area contributed by atoms with Gasteiger partial charge in [-0.15, -0.1) is 0 Å². The first-order valence-electron chi connectivity index (χ1n) is 19.1. The zero-order chi connectivity index (χ0) is 41.8. The maximum absolute atomic E-state index is 14.0. The molecule has 4 atom stereocenters. The second kappa shape index (κ2) is 20.5. The van der Waals surface area contributed by atoms with Crippen LogP contribution in [0.25, 0.3) is 0 Å². The van der Waals surface area contributed by atoms with Gasteiger partial charge < -0.3 is 10.6 Å². The second-order valence-corrected chi connectivity index (χ2v) is 16.7. The summed E-state index contributed by atoms with van der Waals surface area (Å²) in [7, 11) is 0. The zero-order valence-electron chi connectivity index (χ0n) is 34.4. The lowest BCUT2D eigenvalue weighted by atomic mass is 9.95. The Balaban J connectivity index is 1.87. The highest BCUT2D eigenvalue weighted by Gasteiger charge is 2.37. The Hall–Kier alpha value is -4.60. The van der Waals surface area contributed by atoms with E-state index in [1.54, 1.807) is 48.5 Å². The maximum Gasteiger partial charge on any atom is 0.297 e. The maximum atomic E-state index is 14.0. The Kier molecular flexibility index (Phi) is 16.8. The Bertz CT molecular complexity index is 1700. The average molecular weight is 777 g/mol. The number of carbonyl (C=O) groups excluding carboxylic acids is 6. The third-order valence-electron chi connectivity index (χ3n) is 8.61. The number of hydroxylamine groups is 2. The largest absolute Gasteiger partial charge is 0.344 e. The highest BCUT2D eigenvalue weighted by atomic mass is 16.7. The number of hydrogen-bond acceptors (Lipinski definition) is 11. The molecule has 3 rings (SSSR count). The highest BCUT2D eigenvalue weighted by molar-refractivity contribution is 6.46. The SMILES string of the molecule is CC(C)[C@H](NOC(C)(C)C)C(=O)N[C@@H](Cc1ccccc1)C(=O)C(=O)C1=CN(C(=O)C(=O)[C@H](Cc2ccccc2)NC(=O)[C@@H](NOC(C)(C)C)C(C)C)CNC1. The fourth-order valence-electron chi connectivity index (χ4n) is 5.57. The molecule has 14 heteroatoms. The van der Waals surface area contributed by atoms with Gasteiger partial charge in [-0.2, -0.15) is 11.0 Å². The number of benzene rings is 2. The number of rotatable bonds is 19. The lowest BCUT2D eigenvalue weighted by molar-refractivity contribution is -0.146. The molecule has 2 aromatic rings. The monoisotopic (exact) mass is 776 g/mol. The third kappa shape index (κ3) is 14.5. The highest BCUT2D eigenvalue weighted by Crippen LogP contribution is 2.15. The summed E-state index contributed by atoms with van der Waals surface area (Å²) in [5.41, 5.74) is 5.75. The fourth-order valence-corrected chi connectivity index (χ4v) is 5.57. The fraction of sp³-hybridized carbons (Fsp3) is 0.524. The number of amides is 3. The summed E-state index contributed by atoms with van der Waals surface area (Å²) in [6, 6.07) is 13.7. The van der Waals surface area contributed by atoms with Crippen LogP contribution >= 0.6 is 0 Å². The van der Waals surface area contributed by atoms with Crippen LogP contribution < -0.4 is 26.9 Å². The summed E-state index contributed by atoms with van der Waals surface area (Å²) in [5, 5.41) is 8.43. The molecule has 0 saturated heterocycles. The minimum Gasteiger partial charge on any atom is -0.344 e. The first kappa shape index (κ1) is 45.8. The van der Waals surface area contributed by atoms with Crippen LogP contribution in [0.2, 0.25) is 0 Å². The van der Waals surface area contributed by atoms with E-state index in [4.69, 9.17) is 9.68 Å². The van der Waals surface area contributed by atoms with E-state index in [0.29, 0.717) is 11.1 Å². The van der Waals surface area contributed by atoms with Crippen molar-refractivity contribution in [1.82, 2.24) is 31.8 Å². The smallest absolute Gasteiger partial charge is 0.297 e. The Morgan fingerprint density at radius 1 is 0.661 bits per heavy atom. The topological polar surface area (TPSA) is 184 Å². The lowest BCUT2D eigenvalue weighted by Crippen LogP contribution is -2.57. The molecule has 0 radical (unpaired) electrons. The van der Waals surface area contributed by atoms with Gasteiger partial charge in [-0.1, -0.05) is 88.4 Å². The van der Waals surface area contributed by atoms with Crippen LogP contribution in [0, 0.1) is 11.8 Å². The molecule has 3 amide bonds. The van der Waals surface area contributed by atoms with Gasteiger partial charge in [0.15, 0.2) is 0 Å². The van der Waals surface area contributed by atoms with Gasteiger partial charge in [-0.25, -0.2) is 0 Å². The number of hydrogen-bond donors (Lipinski definition) is 5. The van der Waals surface area contributed by atoms with E-state index in [2.05, 4.69) is 26.9 Å². The Morgan fingerprint density at radius 2 is 1.07 bits per heavy atom. The molecular formula is C42H60N6O8. The Labute approximate surface area is 330 Å². The van der Waals surface area contributed by atoms with Crippen molar-refractivity contribution in [3.8, 4) is 0 Å². The van der Waals surface area contributed by atoms with E-state index in [1.807, 2.05) is 81.4 Å². The minimum atomic E-state index is -1.26. The number of nitrogens with one attached hydrogen (secondary N) is 5. The molecule has 14 nitrogen and oxygen atoms in total. The average Bonchev–Trinajstić information content (AvgIpc) is 3.12. The molecule has 1 heterocycles. The normalized spacial score (nSPS) is 15.7. The van der Waals surface area contributed by atoms with Gasteiger partial charge in [0.1, 0.15) is 18.1 Å². The molecule has 0 fully saturated rings. The Morgan fingerprint density at radius 3 is 1.46 bits per heavy atom. The third-order valence-corrected chi connectivity index (χ3v) is 8.61. The van der Waals surface area contributed by atoms with E-state index in [0.717, 1.165) is 4.90 Å². The number of ketones is 3. The van der Waals surface area contributed by atoms with Crippen LogP contribution in [0.3, 0.4) is 0 Å². The number of Topliss-reactive ketones (excluding diaryl/α,β-unsaturated/α-hetero) is 3. The van der Waals surface area contributed by atoms with E-state index < -0.39 is 70.4 Å². The van der Waals surface area contributed by atoms with Gasteiger partial charge in [0.25, 0.3) is 5.91 Å². The van der Waals surface area contributed by atoms with Crippen molar-refractivity contribution in [2.45, 2.75) is 117 Å². The van der Waals surface area contributed by atoms with Gasteiger partial charge in [0, 0.05) is 31.2 Å². The molecule has 0 aliphatic carbocycles. The van der Waals surface area contributed by atoms with Crippen molar-refractivity contribution in [3.63, 3.8) is 0 Å². The van der Waals surface area contributed by atoms with Crippen molar-refractivity contribution in [1.29, 1.82) is 0 Å². The van der Waals surface area contributed by atoms with Crippen LogP contribution in [0.5, 0.6) is 0 Å². The number of carbonyl (C=O) groups is 6. The summed E-state index contributed by atoms with van der Waals surface area (Å²) < 4.78 is 0. The first-order chi connectivity index (χ1) is 26.2. The quantitative estimate of drug-likeness (QED) is 0.104. The van der Waals surface area contributed by atoms with Crippen LogP contribution in [-0.2, 0) is 51.3 Å². The van der Waals surface area contributed by atoms with Crippen LogP contribution in [0.15, 0.2) is 72.4 Å². The summed E-state index contributed by atoms with van der Waals surface area (Å²) in [6.45, 7) is 18.1. The van der Waals surface area contributed by atoms with Crippen LogP contribution in [0.1, 0.15) is 80.4 Å². The molecule has 1 aliphatic rings. The van der Waals surface area contributed by atoms with E-state index in [1.165, 1.54) is 6.20 Å². The molecule has 1 aliphatic heterocycles. The van der Waals surface area contributed by atoms with Gasteiger partial charge in [0.05, 0.1) is 23.9 Å². The summed E-state index contributed by atoms with van der Waals surface area (Å²) in [5.74, 6) is -5.27. The van der Waals surface area contributed by atoms with Crippen molar-refractivity contribution in [3.05, 3.63) is 83.6 Å². The lowest BCUT2D eigenvalue weighted by Gasteiger charge is -2.30. The molecule has 56 heavy (non-hydrogen) atoms. The van der Waals surface area contributed by atoms with Crippen LogP contribution in [-0.4, -0.2) is 88.6 Å². The molecule has 2 aromatic carbocycles. The molecule has 0 unspecified atom stereocenters. The summed E-state index contributed by atoms with van der Waals surface area (Å²) in [6.07, 6.45) is 1.23. The van der Waals surface area contributed by atoms with E-state index in [9.17, 15) is 28.8 Å². The van der Waals surface area contributed by atoms with Crippen molar-refractivity contribution < 1.29 is 38.4 Å². The predicted octanol–water partition coefficient (Wildman–Crippen LogP) is 3.11. The second-order valence-electron chi connectivity index (χ2n) is 16.7. The minimum absolute atomic E-state index is 0.0191. The van der Waals surface area contributed by atoms with Gasteiger partial charge >= 0.3 is 0 Å². The first-order valence-corrected chi connectivity index (χ1v) is 19.1. The van der Waals surface area contributed by atoms with Crippen molar-refractivity contribution in [2.24, 2.45) is 11.8 Å². The number of nitrogens with zero attached hydrogens (tertiary/aromatic N) is 1. The zero-order valence-corrected chi connectivity index (χ0v) is 34.4. The molecule has 0 aromatic heterocycles.